The lowest BCUT2D eigenvalue weighted by molar-refractivity contribution is 0.0525. The van der Waals surface area contributed by atoms with Gasteiger partial charge in [-0.3, -0.25) is 4.79 Å². The second-order valence-corrected chi connectivity index (χ2v) is 6.12. The predicted octanol–water partition coefficient (Wildman–Crippen LogP) is 4.02. The maximum atomic E-state index is 12.6. The number of oxazole rings is 1. The molecule has 140 valence electrons. The van der Waals surface area contributed by atoms with Crippen molar-refractivity contribution in [1.29, 1.82) is 0 Å². The maximum Gasteiger partial charge on any atom is 0.340 e. The van der Waals surface area contributed by atoms with Gasteiger partial charge in [-0.1, -0.05) is 0 Å². The topological polar surface area (TPSA) is 97.2 Å². The Bertz CT molecular complexity index is 983. The molecular formula is C20H21N3O4. The Morgan fingerprint density at radius 2 is 1.89 bits per heavy atom. The summed E-state index contributed by atoms with van der Waals surface area (Å²) in [5.74, 6) is 0.501. The summed E-state index contributed by atoms with van der Waals surface area (Å²) in [6, 6.07) is 7.24. The van der Waals surface area contributed by atoms with E-state index in [1.165, 1.54) is 0 Å². The fourth-order valence-corrected chi connectivity index (χ4v) is 2.89. The smallest absolute Gasteiger partial charge is 0.340 e. The zero-order valence-electron chi connectivity index (χ0n) is 15.7. The average Bonchev–Trinajstić information content (AvgIpc) is 3.19. The van der Waals surface area contributed by atoms with Gasteiger partial charge >= 0.3 is 5.97 Å². The van der Waals surface area contributed by atoms with E-state index in [4.69, 9.17) is 9.15 Å². The van der Waals surface area contributed by atoms with E-state index in [0.717, 1.165) is 5.56 Å². The van der Waals surface area contributed by atoms with Crippen molar-refractivity contribution in [3.8, 4) is 11.3 Å². The van der Waals surface area contributed by atoms with E-state index in [0.29, 0.717) is 39.9 Å². The molecule has 3 aromatic rings. The number of aromatic nitrogens is 2. The molecule has 1 aromatic carbocycles. The van der Waals surface area contributed by atoms with Crippen LogP contribution >= 0.6 is 0 Å². The number of anilines is 1. The number of nitrogens with zero attached hydrogens (tertiary/aromatic N) is 1. The zero-order valence-corrected chi connectivity index (χ0v) is 15.7. The number of benzene rings is 1. The molecule has 0 aliphatic rings. The van der Waals surface area contributed by atoms with Crippen LogP contribution < -0.4 is 5.32 Å². The molecule has 2 aromatic heterocycles. The van der Waals surface area contributed by atoms with E-state index in [1.807, 2.05) is 12.1 Å². The number of ether oxygens (including phenoxy) is 1. The summed E-state index contributed by atoms with van der Waals surface area (Å²) in [6.45, 7) is 7.27. The molecule has 7 heteroatoms. The molecule has 1 amide bonds. The quantitative estimate of drug-likeness (QED) is 0.664. The Morgan fingerprint density at radius 1 is 1.19 bits per heavy atom. The monoisotopic (exact) mass is 367 g/mol. The number of aromatic amines is 1. The number of H-pyrrole nitrogens is 1. The molecule has 2 heterocycles. The van der Waals surface area contributed by atoms with Crippen LogP contribution in [0.3, 0.4) is 0 Å². The van der Waals surface area contributed by atoms with Crippen LogP contribution in [0.1, 0.15) is 44.9 Å². The molecule has 3 rings (SSSR count). The Kier molecular flexibility index (Phi) is 5.12. The first kappa shape index (κ1) is 18.4. The van der Waals surface area contributed by atoms with Gasteiger partial charge in [-0.25, -0.2) is 9.78 Å². The highest BCUT2D eigenvalue weighted by Crippen LogP contribution is 2.23. The molecular weight excluding hydrogens is 346 g/mol. The molecule has 2 N–H and O–H groups in total. The molecule has 0 unspecified atom stereocenters. The minimum atomic E-state index is -0.436. The fourth-order valence-electron chi connectivity index (χ4n) is 2.89. The SMILES string of the molecule is CCOC(=O)c1c(C)[nH]c(C(=O)Nc2ccc(-c3cnc(C)o3)cc2)c1C. The second-order valence-electron chi connectivity index (χ2n) is 6.12. The number of aryl methyl sites for hydroxylation is 2. The Labute approximate surface area is 156 Å². The summed E-state index contributed by atoms with van der Waals surface area (Å²) in [6.07, 6.45) is 1.66. The number of esters is 1. The summed E-state index contributed by atoms with van der Waals surface area (Å²) in [4.78, 5) is 31.7. The number of rotatable bonds is 5. The highest BCUT2D eigenvalue weighted by molar-refractivity contribution is 6.06. The van der Waals surface area contributed by atoms with Crippen LogP contribution in [0.2, 0.25) is 0 Å². The highest BCUT2D eigenvalue weighted by atomic mass is 16.5. The maximum absolute atomic E-state index is 12.6. The highest BCUT2D eigenvalue weighted by Gasteiger charge is 2.22. The summed E-state index contributed by atoms with van der Waals surface area (Å²) >= 11 is 0. The zero-order chi connectivity index (χ0) is 19.6. The van der Waals surface area contributed by atoms with Crippen molar-refractivity contribution in [2.75, 3.05) is 11.9 Å². The van der Waals surface area contributed by atoms with Crippen molar-refractivity contribution < 1.29 is 18.7 Å². The Hall–Kier alpha value is -3.35. The van der Waals surface area contributed by atoms with Gasteiger partial charge in [-0.15, -0.1) is 0 Å². The van der Waals surface area contributed by atoms with Crippen LogP contribution in [-0.2, 0) is 4.74 Å². The van der Waals surface area contributed by atoms with Gasteiger partial charge in [0.05, 0.1) is 18.4 Å². The predicted molar refractivity (Wildman–Crippen MR) is 101 cm³/mol. The Morgan fingerprint density at radius 3 is 2.48 bits per heavy atom. The van der Waals surface area contributed by atoms with Gasteiger partial charge in [0.1, 0.15) is 5.69 Å². The molecule has 0 spiro atoms. The lowest BCUT2D eigenvalue weighted by atomic mass is 10.1. The van der Waals surface area contributed by atoms with Crippen molar-refractivity contribution >= 4 is 17.6 Å². The third-order valence-electron chi connectivity index (χ3n) is 4.19. The third kappa shape index (κ3) is 3.76. The first-order chi connectivity index (χ1) is 12.9. The number of carbonyl (C=O) groups is 2. The van der Waals surface area contributed by atoms with Gasteiger partial charge in [0.15, 0.2) is 11.7 Å². The minimum Gasteiger partial charge on any atom is -0.462 e. The van der Waals surface area contributed by atoms with Gasteiger partial charge in [-0.05, 0) is 50.6 Å². The van der Waals surface area contributed by atoms with E-state index >= 15 is 0 Å². The normalized spacial score (nSPS) is 10.7. The van der Waals surface area contributed by atoms with Crippen molar-refractivity contribution in [3.05, 3.63) is 58.9 Å². The van der Waals surface area contributed by atoms with Crippen LogP contribution in [0.15, 0.2) is 34.9 Å². The van der Waals surface area contributed by atoms with Gasteiger partial charge in [0, 0.05) is 23.9 Å². The van der Waals surface area contributed by atoms with Crippen molar-refractivity contribution in [1.82, 2.24) is 9.97 Å². The molecule has 0 saturated carbocycles. The fraction of sp³-hybridized carbons (Fsp3) is 0.250. The number of hydrogen-bond acceptors (Lipinski definition) is 5. The van der Waals surface area contributed by atoms with E-state index in [9.17, 15) is 9.59 Å². The molecule has 27 heavy (non-hydrogen) atoms. The number of carbonyl (C=O) groups excluding carboxylic acids is 2. The lowest BCUT2D eigenvalue weighted by Gasteiger charge is -2.06. The molecule has 0 radical (unpaired) electrons. The van der Waals surface area contributed by atoms with E-state index in [-0.39, 0.29) is 12.5 Å². The largest absolute Gasteiger partial charge is 0.462 e. The van der Waals surface area contributed by atoms with Crippen LogP contribution in [0, 0.1) is 20.8 Å². The lowest BCUT2D eigenvalue weighted by Crippen LogP contribution is -2.14. The van der Waals surface area contributed by atoms with Crippen molar-refractivity contribution in [2.24, 2.45) is 0 Å². The minimum absolute atomic E-state index is 0.279. The Balaban J connectivity index is 1.78. The van der Waals surface area contributed by atoms with Gasteiger partial charge in [0.25, 0.3) is 5.91 Å². The summed E-state index contributed by atoms with van der Waals surface area (Å²) in [7, 11) is 0. The summed E-state index contributed by atoms with van der Waals surface area (Å²) < 4.78 is 10.5. The standard InChI is InChI=1S/C20H21N3O4/c1-5-26-20(25)17-11(2)18(22-12(17)3)19(24)23-15-8-6-14(7-9-15)16-10-21-13(4)27-16/h6-10,22H,5H2,1-4H3,(H,23,24). The summed E-state index contributed by atoms with van der Waals surface area (Å²) in [5, 5.41) is 2.83. The molecule has 7 nitrogen and oxygen atoms in total. The van der Waals surface area contributed by atoms with E-state index in [1.54, 1.807) is 46.0 Å². The van der Waals surface area contributed by atoms with E-state index < -0.39 is 5.97 Å². The van der Waals surface area contributed by atoms with Gasteiger partial charge in [0.2, 0.25) is 0 Å². The molecule has 0 saturated heterocycles. The van der Waals surface area contributed by atoms with Gasteiger partial charge in [-0.2, -0.15) is 0 Å². The molecule has 0 bridgehead atoms. The second kappa shape index (κ2) is 7.49. The van der Waals surface area contributed by atoms with Crippen LogP contribution in [0.5, 0.6) is 0 Å². The van der Waals surface area contributed by atoms with Crippen LogP contribution in [-0.4, -0.2) is 28.5 Å². The first-order valence-corrected chi connectivity index (χ1v) is 8.61. The molecule has 0 atom stereocenters. The van der Waals surface area contributed by atoms with Gasteiger partial charge < -0.3 is 19.5 Å². The van der Waals surface area contributed by atoms with Crippen molar-refractivity contribution in [2.45, 2.75) is 27.7 Å². The first-order valence-electron chi connectivity index (χ1n) is 8.61. The van der Waals surface area contributed by atoms with Crippen LogP contribution in [0.25, 0.3) is 11.3 Å². The third-order valence-corrected chi connectivity index (χ3v) is 4.19. The van der Waals surface area contributed by atoms with E-state index in [2.05, 4.69) is 15.3 Å². The average molecular weight is 367 g/mol. The number of hydrogen-bond donors (Lipinski definition) is 2. The molecule has 0 fully saturated rings. The van der Waals surface area contributed by atoms with Crippen LogP contribution in [0.4, 0.5) is 5.69 Å². The summed E-state index contributed by atoms with van der Waals surface area (Å²) in [5.41, 5.74) is 3.40. The number of nitrogens with one attached hydrogen (secondary N) is 2. The number of amides is 1. The molecule has 0 aliphatic heterocycles. The molecule has 0 aliphatic carbocycles. The van der Waals surface area contributed by atoms with Crippen molar-refractivity contribution in [3.63, 3.8) is 0 Å².